The summed E-state index contributed by atoms with van der Waals surface area (Å²) in [7, 11) is 0. The molecule has 0 aliphatic rings. The molecule has 4 aromatic rings. The van der Waals surface area contributed by atoms with Crippen LogP contribution in [-0.4, -0.2) is 16.1 Å². The third-order valence-corrected chi connectivity index (χ3v) is 4.06. The summed E-state index contributed by atoms with van der Waals surface area (Å²) in [4.78, 5) is 12.4. The molecule has 0 bridgehead atoms. The van der Waals surface area contributed by atoms with Crippen molar-refractivity contribution in [1.29, 1.82) is 0 Å². The molecular formula is C21H17N3O2. The van der Waals surface area contributed by atoms with E-state index in [-0.39, 0.29) is 5.91 Å². The van der Waals surface area contributed by atoms with Crippen molar-refractivity contribution in [3.8, 4) is 5.75 Å². The molecule has 0 aliphatic carbocycles. The molecule has 0 spiro atoms. The van der Waals surface area contributed by atoms with Gasteiger partial charge >= 0.3 is 0 Å². The first kappa shape index (κ1) is 15.9. The molecule has 1 heterocycles. The summed E-state index contributed by atoms with van der Waals surface area (Å²) in [6.45, 7) is 0.461. The Hall–Kier alpha value is -3.60. The normalized spacial score (nSPS) is 10.6. The van der Waals surface area contributed by atoms with E-state index in [1.165, 1.54) is 0 Å². The summed E-state index contributed by atoms with van der Waals surface area (Å²) < 4.78 is 5.71. The zero-order valence-corrected chi connectivity index (χ0v) is 14.0. The Kier molecular flexibility index (Phi) is 4.35. The van der Waals surface area contributed by atoms with Crippen LogP contribution in [0.15, 0.2) is 79.0 Å². The van der Waals surface area contributed by atoms with E-state index in [0.29, 0.717) is 12.2 Å². The maximum atomic E-state index is 12.4. The third kappa shape index (κ3) is 3.57. The molecule has 0 radical (unpaired) electrons. The highest BCUT2D eigenvalue weighted by Gasteiger charge is 2.07. The lowest BCUT2D eigenvalue weighted by atomic mass is 10.1. The molecule has 0 saturated carbocycles. The number of benzene rings is 3. The van der Waals surface area contributed by atoms with Crippen molar-refractivity contribution >= 4 is 22.5 Å². The number of aromatic amines is 1. The summed E-state index contributed by atoms with van der Waals surface area (Å²) in [5.74, 6) is 0.673. The van der Waals surface area contributed by atoms with Crippen LogP contribution in [0.5, 0.6) is 5.75 Å². The number of H-pyrrole nitrogens is 1. The topological polar surface area (TPSA) is 67.0 Å². The third-order valence-electron chi connectivity index (χ3n) is 4.06. The van der Waals surface area contributed by atoms with E-state index < -0.39 is 0 Å². The van der Waals surface area contributed by atoms with Crippen LogP contribution in [0.25, 0.3) is 10.9 Å². The van der Waals surface area contributed by atoms with Gasteiger partial charge < -0.3 is 10.1 Å². The highest BCUT2D eigenvalue weighted by Crippen LogP contribution is 2.18. The van der Waals surface area contributed by atoms with Gasteiger partial charge in [0.2, 0.25) is 0 Å². The molecule has 1 amide bonds. The largest absolute Gasteiger partial charge is 0.489 e. The summed E-state index contributed by atoms with van der Waals surface area (Å²) in [6, 6.07) is 22.7. The number of ether oxygens (including phenoxy) is 1. The standard InChI is InChI=1S/C21H17N3O2/c25-21(23-18-10-11-20-17(12-18)13-22-24-20)16-8-6-15(7-9-16)14-26-19-4-2-1-3-5-19/h1-13H,14H2,(H,22,24)(H,23,25). The van der Waals surface area contributed by atoms with E-state index >= 15 is 0 Å². The monoisotopic (exact) mass is 343 g/mol. The first-order chi connectivity index (χ1) is 12.8. The lowest BCUT2D eigenvalue weighted by Crippen LogP contribution is -2.11. The number of hydrogen-bond donors (Lipinski definition) is 2. The quantitative estimate of drug-likeness (QED) is 0.564. The predicted molar refractivity (Wildman–Crippen MR) is 101 cm³/mol. The van der Waals surface area contributed by atoms with Crippen LogP contribution in [-0.2, 0) is 6.61 Å². The van der Waals surface area contributed by atoms with Crippen LogP contribution in [0.3, 0.4) is 0 Å². The smallest absolute Gasteiger partial charge is 0.255 e. The van der Waals surface area contributed by atoms with Gasteiger partial charge in [-0.25, -0.2) is 0 Å². The van der Waals surface area contributed by atoms with E-state index in [0.717, 1.165) is 27.9 Å². The molecule has 4 rings (SSSR count). The molecule has 0 fully saturated rings. The molecule has 0 atom stereocenters. The fourth-order valence-corrected chi connectivity index (χ4v) is 2.66. The van der Waals surface area contributed by atoms with Crippen LogP contribution < -0.4 is 10.1 Å². The molecule has 0 unspecified atom stereocenters. The van der Waals surface area contributed by atoms with E-state index in [1.807, 2.05) is 60.7 Å². The number of carbonyl (C=O) groups is 1. The van der Waals surface area contributed by atoms with Crippen molar-refractivity contribution in [2.75, 3.05) is 5.32 Å². The highest BCUT2D eigenvalue weighted by molar-refractivity contribution is 6.05. The lowest BCUT2D eigenvalue weighted by molar-refractivity contribution is 0.102. The number of nitrogens with zero attached hydrogens (tertiary/aromatic N) is 1. The van der Waals surface area contributed by atoms with E-state index in [1.54, 1.807) is 18.3 Å². The van der Waals surface area contributed by atoms with Gasteiger partial charge in [0, 0.05) is 16.6 Å². The fraction of sp³-hybridized carbons (Fsp3) is 0.0476. The van der Waals surface area contributed by atoms with Crippen molar-refractivity contribution in [2.24, 2.45) is 0 Å². The number of anilines is 1. The molecule has 2 N–H and O–H groups in total. The number of amides is 1. The van der Waals surface area contributed by atoms with Crippen molar-refractivity contribution in [2.45, 2.75) is 6.61 Å². The average Bonchev–Trinajstić information content (AvgIpc) is 3.15. The zero-order chi connectivity index (χ0) is 17.8. The fourth-order valence-electron chi connectivity index (χ4n) is 2.66. The Balaban J connectivity index is 1.40. The van der Waals surface area contributed by atoms with E-state index in [2.05, 4.69) is 15.5 Å². The highest BCUT2D eigenvalue weighted by atomic mass is 16.5. The number of rotatable bonds is 5. The van der Waals surface area contributed by atoms with Gasteiger partial charge in [0.05, 0.1) is 11.7 Å². The van der Waals surface area contributed by atoms with Gasteiger partial charge in [-0.2, -0.15) is 5.10 Å². The molecule has 128 valence electrons. The van der Waals surface area contributed by atoms with Gasteiger partial charge in [0.25, 0.3) is 5.91 Å². The van der Waals surface area contributed by atoms with Crippen molar-refractivity contribution < 1.29 is 9.53 Å². The second kappa shape index (κ2) is 7.11. The molecule has 1 aromatic heterocycles. The lowest BCUT2D eigenvalue weighted by Gasteiger charge is -2.08. The van der Waals surface area contributed by atoms with E-state index in [9.17, 15) is 4.79 Å². The Bertz CT molecular complexity index is 1020. The second-order valence-electron chi connectivity index (χ2n) is 5.92. The molecule has 26 heavy (non-hydrogen) atoms. The second-order valence-corrected chi connectivity index (χ2v) is 5.92. The van der Waals surface area contributed by atoms with Crippen LogP contribution in [0, 0.1) is 0 Å². The summed E-state index contributed by atoms with van der Waals surface area (Å²) in [6.07, 6.45) is 1.73. The average molecular weight is 343 g/mol. The first-order valence-electron chi connectivity index (χ1n) is 8.29. The number of fused-ring (bicyclic) bond motifs is 1. The van der Waals surface area contributed by atoms with Gasteiger partial charge in [0.15, 0.2) is 0 Å². The van der Waals surface area contributed by atoms with Crippen molar-refractivity contribution in [3.63, 3.8) is 0 Å². The zero-order valence-electron chi connectivity index (χ0n) is 14.0. The van der Waals surface area contributed by atoms with Gasteiger partial charge in [-0.3, -0.25) is 9.89 Å². The van der Waals surface area contributed by atoms with Crippen LogP contribution in [0.2, 0.25) is 0 Å². The van der Waals surface area contributed by atoms with Gasteiger partial charge in [-0.05, 0) is 48.0 Å². The number of hydrogen-bond acceptors (Lipinski definition) is 3. The predicted octanol–water partition coefficient (Wildman–Crippen LogP) is 4.39. The molecule has 0 aliphatic heterocycles. The minimum Gasteiger partial charge on any atom is -0.489 e. The summed E-state index contributed by atoms with van der Waals surface area (Å²) >= 11 is 0. The number of para-hydroxylation sites is 1. The van der Waals surface area contributed by atoms with Crippen LogP contribution in [0.4, 0.5) is 5.69 Å². The molecule has 5 heteroatoms. The van der Waals surface area contributed by atoms with E-state index in [4.69, 9.17) is 4.74 Å². The van der Waals surface area contributed by atoms with Crippen molar-refractivity contribution in [3.05, 3.63) is 90.1 Å². The van der Waals surface area contributed by atoms with Crippen LogP contribution >= 0.6 is 0 Å². The van der Waals surface area contributed by atoms with Gasteiger partial charge in [0.1, 0.15) is 12.4 Å². The first-order valence-corrected chi connectivity index (χ1v) is 8.29. The number of carbonyl (C=O) groups excluding carboxylic acids is 1. The number of nitrogens with one attached hydrogen (secondary N) is 2. The Morgan fingerprint density at radius 3 is 2.62 bits per heavy atom. The molecule has 0 saturated heterocycles. The minimum absolute atomic E-state index is 0.150. The molecular weight excluding hydrogens is 326 g/mol. The molecule has 3 aromatic carbocycles. The van der Waals surface area contributed by atoms with Gasteiger partial charge in [-0.1, -0.05) is 30.3 Å². The summed E-state index contributed by atoms with van der Waals surface area (Å²) in [5.41, 5.74) is 3.28. The number of aromatic nitrogens is 2. The van der Waals surface area contributed by atoms with Crippen LogP contribution in [0.1, 0.15) is 15.9 Å². The Morgan fingerprint density at radius 1 is 1.00 bits per heavy atom. The SMILES string of the molecule is O=C(Nc1ccc2[nH]ncc2c1)c1ccc(COc2ccccc2)cc1. The molecule has 5 nitrogen and oxygen atoms in total. The van der Waals surface area contributed by atoms with Crippen molar-refractivity contribution in [1.82, 2.24) is 10.2 Å². The summed E-state index contributed by atoms with van der Waals surface area (Å²) in [5, 5.41) is 10.7. The van der Waals surface area contributed by atoms with Gasteiger partial charge in [-0.15, -0.1) is 0 Å². The maximum Gasteiger partial charge on any atom is 0.255 e. The minimum atomic E-state index is -0.150. The Labute approximate surface area is 150 Å². The maximum absolute atomic E-state index is 12.4. The Morgan fingerprint density at radius 2 is 1.81 bits per heavy atom.